The molecular weight excluding hydrogens is 400 g/mol. The van der Waals surface area contributed by atoms with Crippen LogP contribution in [-0.4, -0.2) is 44.5 Å². The Kier molecular flexibility index (Phi) is 5.59. The summed E-state index contributed by atoms with van der Waals surface area (Å²) in [7, 11) is 1.29. The number of carbonyl (C=O) groups is 2. The predicted octanol–water partition coefficient (Wildman–Crippen LogP) is 2.03. The second-order valence-corrected chi connectivity index (χ2v) is 7.38. The van der Waals surface area contributed by atoms with Crippen molar-refractivity contribution in [3.63, 3.8) is 0 Å². The minimum atomic E-state index is -0.416. The Balaban J connectivity index is 1.69. The molecule has 0 saturated heterocycles. The lowest BCUT2D eigenvalue weighted by Crippen LogP contribution is -2.20. The van der Waals surface area contributed by atoms with Gasteiger partial charge in [-0.3, -0.25) is 14.2 Å². The molecule has 0 aliphatic carbocycles. The maximum atomic E-state index is 12.3. The van der Waals surface area contributed by atoms with Crippen LogP contribution in [0.3, 0.4) is 0 Å². The van der Waals surface area contributed by atoms with Gasteiger partial charge >= 0.3 is 5.97 Å². The quantitative estimate of drug-likeness (QED) is 0.465. The van der Waals surface area contributed by atoms with Gasteiger partial charge in [0.05, 0.1) is 23.1 Å². The Morgan fingerprint density at radius 2 is 2.23 bits per heavy atom. The summed E-state index contributed by atoms with van der Waals surface area (Å²) in [6.45, 7) is -0.112. The Morgan fingerprint density at radius 1 is 1.42 bits per heavy atom. The molecule has 0 atom stereocenters. The van der Waals surface area contributed by atoms with Crippen LogP contribution in [0, 0.1) is 0 Å². The molecule has 0 spiro atoms. The third-order valence-corrected chi connectivity index (χ3v) is 5.30. The van der Waals surface area contributed by atoms with Crippen LogP contribution < -0.4 is 11.1 Å². The summed E-state index contributed by atoms with van der Waals surface area (Å²) in [5.74, 6) is -0.652. The van der Waals surface area contributed by atoms with Gasteiger partial charge in [-0.05, 0) is 18.2 Å². The zero-order valence-corrected chi connectivity index (χ0v) is 15.8. The molecule has 3 N–H and O–H groups in total. The number of esters is 1. The van der Waals surface area contributed by atoms with Crippen molar-refractivity contribution in [3.8, 4) is 0 Å². The van der Waals surface area contributed by atoms with Crippen LogP contribution in [0.4, 0.5) is 11.1 Å². The molecule has 3 aromatic rings. The highest BCUT2D eigenvalue weighted by atomic mass is 35.5. The van der Waals surface area contributed by atoms with Gasteiger partial charge in [0.2, 0.25) is 11.9 Å². The van der Waals surface area contributed by atoms with Crippen molar-refractivity contribution in [2.24, 2.45) is 0 Å². The van der Waals surface area contributed by atoms with Crippen LogP contribution >= 0.6 is 34.7 Å². The highest BCUT2D eigenvalue weighted by molar-refractivity contribution is 7.99. The van der Waals surface area contributed by atoms with Gasteiger partial charge in [0.25, 0.3) is 0 Å². The van der Waals surface area contributed by atoms with E-state index >= 15 is 0 Å². The maximum Gasteiger partial charge on any atom is 0.316 e. The number of aromatic nitrogens is 4. The van der Waals surface area contributed by atoms with Gasteiger partial charge in [0.1, 0.15) is 6.54 Å². The van der Waals surface area contributed by atoms with Gasteiger partial charge in [-0.15, -0.1) is 10.2 Å². The first kappa shape index (κ1) is 18.4. The highest BCUT2D eigenvalue weighted by Gasteiger charge is 2.16. The lowest BCUT2D eigenvalue weighted by atomic mass is 10.3. The molecule has 0 bridgehead atoms. The summed E-state index contributed by atoms with van der Waals surface area (Å²) in [5, 5.41) is 11.7. The molecule has 3 rings (SSSR count). The largest absolute Gasteiger partial charge is 0.468 e. The Morgan fingerprint density at radius 3 is 3.00 bits per heavy atom. The average Bonchev–Trinajstić information content (AvgIpc) is 3.15. The first-order valence-corrected chi connectivity index (χ1v) is 9.38. The molecule has 0 radical (unpaired) electrons. The van der Waals surface area contributed by atoms with E-state index in [1.807, 2.05) is 0 Å². The number of hydrogen-bond donors (Lipinski definition) is 2. The molecule has 0 saturated carbocycles. The van der Waals surface area contributed by atoms with E-state index in [1.165, 1.54) is 23.0 Å². The number of thioether (sulfide) groups is 1. The van der Waals surface area contributed by atoms with Crippen LogP contribution in [0.15, 0.2) is 23.4 Å². The number of amides is 1. The molecule has 0 aliphatic rings. The lowest BCUT2D eigenvalue weighted by molar-refractivity contribution is -0.137. The Labute approximate surface area is 160 Å². The molecule has 1 aromatic carbocycles. The van der Waals surface area contributed by atoms with Crippen molar-refractivity contribution in [1.82, 2.24) is 19.7 Å². The van der Waals surface area contributed by atoms with E-state index in [9.17, 15) is 9.59 Å². The van der Waals surface area contributed by atoms with E-state index in [1.54, 1.807) is 18.2 Å². The zero-order chi connectivity index (χ0) is 18.7. The number of thiazole rings is 1. The number of carbonyl (C=O) groups excluding carboxylic acids is 2. The van der Waals surface area contributed by atoms with Crippen LogP contribution in [0.25, 0.3) is 10.2 Å². The fourth-order valence-corrected chi connectivity index (χ4v) is 3.93. The highest BCUT2D eigenvalue weighted by Crippen LogP contribution is 2.28. The molecular formula is C14H13ClN6O3S2. The summed E-state index contributed by atoms with van der Waals surface area (Å²) in [4.78, 5) is 27.9. The van der Waals surface area contributed by atoms with E-state index in [0.29, 0.717) is 15.3 Å². The van der Waals surface area contributed by atoms with E-state index in [4.69, 9.17) is 17.3 Å². The molecule has 1 amide bonds. The number of nitrogen functional groups attached to an aromatic ring is 1. The fraction of sp³-hybridized carbons (Fsp3) is 0.214. The molecule has 12 heteroatoms. The number of halogens is 1. The number of fused-ring (bicyclic) bond motifs is 1. The first-order valence-electron chi connectivity index (χ1n) is 7.20. The Hall–Kier alpha value is -2.37. The van der Waals surface area contributed by atoms with Crippen LogP contribution in [0.2, 0.25) is 5.02 Å². The van der Waals surface area contributed by atoms with E-state index in [2.05, 4.69) is 25.2 Å². The molecule has 2 heterocycles. The molecule has 0 unspecified atom stereocenters. The van der Waals surface area contributed by atoms with E-state index < -0.39 is 5.97 Å². The molecule has 136 valence electrons. The summed E-state index contributed by atoms with van der Waals surface area (Å²) < 4.78 is 6.85. The zero-order valence-electron chi connectivity index (χ0n) is 13.4. The number of nitrogens with two attached hydrogens (primary N) is 1. The minimum Gasteiger partial charge on any atom is -0.468 e. The SMILES string of the molecule is COC(=O)CSc1nnc(N)n1CC(=O)Nc1nc2ccc(Cl)cc2s1. The topological polar surface area (TPSA) is 125 Å². The van der Waals surface area contributed by atoms with Gasteiger partial charge < -0.3 is 15.8 Å². The molecule has 2 aromatic heterocycles. The van der Waals surface area contributed by atoms with E-state index in [0.717, 1.165) is 22.0 Å². The number of nitrogens with one attached hydrogen (secondary N) is 1. The van der Waals surface area contributed by atoms with E-state index in [-0.39, 0.29) is 24.2 Å². The number of methoxy groups -OCH3 is 1. The second-order valence-electron chi connectivity index (χ2n) is 4.97. The van der Waals surface area contributed by atoms with Crippen LogP contribution in [-0.2, 0) is 20.9 Å². The van der Waals surface area contributed by atoms with Gasteiger partial charge in [0, 0.05) is 5.02 Å². The van der Waals surface area contributed by atoms with Crippen molar-refractivity contribution in [2.75, 3.05) is 23.9 Å². The fourth-order valence-electron chi connectivity index (χ4n) is 1.99. The van der Waals surface area contributed by atoms with Crippen LogP contribution in [0.1, 0.15) is 0 Å². The van der Waals surface area contributed by atoms with Gasteiger partial charge in [-0.1, -0.05) is 34.7 Å². The van der Waals surface area contributed by atoms with Gasteiger partial charge in [-0.2, -0.15) is 0 Å². The molecule has 0 aliphatic heterocycles. The van der Waals surface area contributed by atoms with Gasteiger partial charge in [-0.25, -0.2) is 4.98 Å². The summed E-state index contributed by atoms with van der Waals surface area (Å²) in [5.41, 5.74) is 6.50. The number of rotatable bonds is 6. The molecule has 26 heavy (non-hydrogen) atoms. The van der Waals surface area contributed by atoms with Crippen molar-refractivity contribution < 1.29 is 14.3 Å². The van der Waals surface area contributed by atoms with Crippen molar-refractivity contribution >= 4 is 67.9 Å². The number of anilines is 2. The summed E-state index contributed by atoms with van der Waals surface area (Å²) in [6.07, 6.45) is 0. The second kappa shape index (κ2) is 7.89. The minimum absolute atomic E-state index is 0.0366. The average molecular weight is 413 g/mol. The maximum absolute atomic E-state index is 12.3. The van der Waals surface area contributed by atoms with Crippen LogP contribution in [0.5, 0.6) is 0 Å². The number of hydrogen-bond acceptors (Lipinski definition) is 9. The smallest absolute Gasteiger partial charge is 0.316 e. The molecule has 0 fully saturated rings. The monoisotopic (exact) mass is 412 g/mol. The third-order valence-electron chi connectivity index (χ3n) is 3.19. The standard InChI is InChI=1S/C14H13ClN6O3S2/c1-24-11(23)6-25-14-20-19-12(16)21(14)5-10(22)18-13-17-8-3-2-7(15)4-9(8)26-13/h2-4H,5-6H2,1H3,(H2,16,19)(H,17,18,22). The first-order chi connectivity index (χ1) is 12.5. The Bertz CT molecular complexity index is 973. The lowest BCUT2D eigenvalue weighted by Gasteiger charge is -2.07. The predicted molar refractivity (Wildman–Crippen MR) is 100 cm³/mol. The number of benzene rings is 1. The van der Waals surface area contributed by atoms with Crippen molar-refractivity contribution in [3.05, 3.63) is 23.2 Å². The molecule has 9 nitrogen and oxygen atoms in total. The van der Waals surface area contributed by atoms with Crippen molar-refractivity contribution in [2.45, 2.75) is 11.7 Å². The normalized spacial score (nSPS) is 10.8. The number of ether oxygens (including phenoxy) is 1. The van der Waals surface area contributed by atoms with Crippen molar-refractivity contribution in [1.29, 1.82) is 0 Å². The number of nitrogens with zero attached hydrogens (tertiary/aromatic N) is 4. The summed E-state index contributed by atoms with van der Waals surface area (Å²) in [6, 6.07) is 5.30. The third kappa shape index (κ3) is 4.23. The van der Waals surface area contributed by atoms with Gasteiger partial charge in [0.15, 0.2) is 10.3 Å². The summed E-state index contributed by atoms with van der Waals surface area (Å²) >= 11 is 8.34.